The zero-order valence-electron chi connectivity index (χ0n) is 64.3. The van der Waals surface area contributed by atoms with Crippen LogP contribution in [0.15, 0.2) is 66.4 Å². The Labute approximate surface area is 677 Å². The molecule has 0 bridgehead atoms. The number of aromatic nitrogens is 13. The number of carbonyl (C=O) groups excluding carboxylic acids is 7. The molecular formula is C71H99Cl4N21NaO11P. The summed E-state index contributed by atoms with van der Waals surface area (Å²) >= 11 is 13.8. The molecule has 32 nitrogen and oxygen atoms in total. The number of nitrogens with two attached hydrogens (primary N) is 1. The van der Waals surface area contributed by atoms with Crippen LogP contribution in [0.2, 0.25) is 0 Å². The molecule has 3 saturated heterocycles. The second kappa shape index (κ2) is 40.6. The normalized spacial score (nSPS) is 17.5. The van der Waals surface area contributed by atoms with Crippen LogP contribution in [0.3, 0.4) is 0 Å². The number of carbonyl (C=O) groups is 7. The molecule has 7 aromatic heterocycles. The van der Waals surface area contributed by atoms with Gasteiger partial charge in [0.1, 0.15) is 17.1 Å². The molecule has 4 N–H and O–H groups in total. The maximum Gasteiger partial charge on any atom is 1.00 e. The Hall–Kier alpha value is -7.52. The molecular weight excluding hydrogens is 1520 g/mol. The number of amides is 4. The molecule has 0 unspecified atom stereocenters. The molecule has 0 aromatic carbocycles. The quantitative estimate of drug-likeness (QED) is 0.0523. The Morgan fingerprint density at radius 2 is 0.927 bits per heavy atom. The topological polar surface area (TPSA) is 390 Å². The molecule has 6 fully saturated rings. The zero-order chi connectivity index (χ0) is 77.0. The van der Waals surface area contributed by atoms with Crippen LogP contribution >= 0.6 is 51.3 Å². The first-order valence-electron chi connectivity index (χ1n) is 35.9. The first-order valence-corrected chi connectivity index (χ1v) is 40.3. The van der Waals surface area contributed by atoms with Gasteiger partial charge in [-0.15, -0.1) is 12.4 Å². The maximum atomic E-state index is 12.9. The van der Waals surface area contributed by atoms with Gasteiger partial charge < -0.3 is 55.1 Å². The Balaban J connectivity index is 0.000000234. The van der Waals surface area contributed by atoms with Crippen LogP contribution in [-0.4, -0.2) is 222 Å². The molecule has 13 rings (SSSR count). The monoisotopic (exact) mass is 1620 g/mol. The van der Waals surface area contributed by atoms with Gasteiger partial charge in [0.25, 0.3) is 5.91 Å². The van der Waals surface area contributed by atoms with Crippen molar-refractivity contribution >= 4 is 110 Å². The van der Waals surface area contributed by atoms with Crippen molar-refractivity contribution in [1.29, 1.82) is 0 Å². The Morgan fingerprint density at radius 1 is 0.560 bits per heavy atom. The van der Waals surface area contributed by atoms with E-state index in [1.54, 1.807) is 79.0 Å². The number of ketones is 2. The smallest absolute Gasteiger partial charge is 0.870 e. The van der Waals surface area contributed by atoms with E-state index in [-0.39, 0.29) is 144 Å². The summed E-state index contributed by atoms with van der Waals surface area (Å²) in [6, 6.07) is 0.275. The van der Waals surface area contributed by atoms with Gasteiger partial charge in [0, 0.05) is 188 Å². The van der Waals surface area contributed by atoms with Crippen LogP contribution in [0.25, 0.3) is 45.2 Å². The number of ether oxygens (including phenoxy) is 1. The molecule has 3 aliphatic heterocycles. The van der Waals surface area contributed by atoms with Gasteiger partial charge in [-0.1, -0.05) is 41.5 Å². The van der Waals surface area contributed by atoms with Gasteiger partial charge in [-0.3, -0.25) is 47.4 Å². The molecule has 3 aliphatic carbocycles. The van der Waals surface area contributed by atoms with Crippen molar-refractivity contribution in [3.63, 3.8) is 0 Å². The summed E-state index contributed by atoms with van der Waals surface area (Å²) in [6.07, 6.45) is 23.3. The van der Waals surface area contributed by atoms with Crippen LogP contribution in [0, 0.1) is 29.6 Å². The largest absolute Gasteiger partial charge is 1.00 e. The number of oxazole rings is 1. The van der Waals surface area contributed by atoms with E-state index in [1.165, 1.54) is 12.4 Å². The van der Waals surface area contributed by atoms with Crippen LogP contribution in [0.5, 0.6) is 0 Å². The van der Waals surface area contributed by atoms with Crippen molar-refractivity contribution in [2.75, 3.05) is 93.3 Å². The minimum absolute atomic E-state index is 0. The standard InChI is InChI=1S/C23H31N7O3.C23H29N7O2.C20H26N6O3.C5H11NO.Cl3OP.ClH.Na.H2O/c1-14(2)19(31)11-24-21(32)18-10-25-23(27-20(18)17-9-26-28(4)13-17)29-7-8-30(15(3)12-29)22(33)16-5-6-16;1-14(2)19-11-24-21(32-19)18-10-25-23(27-20(18)17-9-26-28(4)13-17)29-7-8-30(15(3)12-29)22(31)16-5-6-16;1-4-29-19(28)16-10-21-20(23-17(16)15-9-22-24(3)12-15)25-7-8-26(13(2)11-25)18(27)14-5-6-14;1-4(2)5(7)3-6;1-5(2,3)4;;;/h9-10,13-16H,5-8,11-12H2,1-4H3,(H,24,32);9-11,13-16H,5-8,12H2,1-4H3;9-10,12-14H,4-8,11H2,1-3H3;4H,3,6H2,1-2H3;;1H;;1H2/q;;;;;;+1;/p-1/t2*15-;13-;;;;;/m111...../s1. The Bertz CT molecular complexity index is 4310. The molecule has 3 atom stereocenters. The fourth-order valence-corrected chi connectivity index (χ4v) is 12.0. The third-order valence-electron chi connectivity index (χ3n) is 18.6. The van der Waals surface area contributed by atoms with E-state index in [0.717, 1.165) is 66.7 Å². The van der Waals surface area contributed by atoms with Crippen molar-refractivity contribution in [2.24, 2.45) is 56.5 Å². The maximum absolute atomic E-state index is 12.9. The van der Waals surface area contributed by atoms with Gasteiger partial charge in [-0.2, -0.15) is 15.3 Å². The third-order valence-corrected chi connectivity index (χ3v) is 18.6. The van der Waals surface area contributed by atoms with Crippen molar-refractivity contribution < 1.29 is 82.3 Å². The second-order valence-corrected chi connectivity index (χ2v) is 34.9. The number of hydrogen-bond donors (Lipinski definition) is 2. The SMILES string of the molecule is CC(C)C(=O)CN.CC(C)C(=O)CNC(=O)c1cnc(N2CCN(C(=O)C3CC3)[C@H](C)C2)nc1-c1cnn(C)c1.CC(C)c1cnc(-c2cnc(N3CCN(C(=O)C4CC4)[C@H](C)C3)nc2-c2cnn(C)c2)o1.CCOC(=O)c1cnc(N2CCN(C(=O)C3CC3)[C@H](C)C2)nc1-c1cnn(C)c1.Cl.O=P(Cl)(Cl)Cl.[Na+].[OH-]. The van der Waals surface area contributed by atoms with Crippen molar-refractivity contribution in [3.05, 3.63) is 78.9 Å². The Kier molecular flexibility index (Phi) is 33.7. The molecule has 4 amide bonds. The average Bonchev–Trinajstić information content (AvgIpc) is 1.78. The number of halogens is 4. The van der Waals surface area contributed by atoms with E-state index in [9.17, 15) is 38.1 Å². The number of Topliss-reactive ketones (excluding diaryl/α,β-unsaturated/α-hetero) is 2. The van der Waals surface area contributed by atoms with E-state index < -0.39 is 17.1 Å². The van der Waals surface area contributed by atoms with Gasteiger partial charge in [-0.05, 0) is 99.9 Å². The van der Waals surface area contributed by atoms with E-state index in [0.29, 0.717) is 117 Å². The number of aryl methyl sites for hydroxylation is 3. The molecule has 3 saturated carbocycles. The summed E-state index contributed by atoms with van der Waals surface area (Å²) in [4.78, 5) is 130. The van der Waals surface area contributed by atoms with Gasteiger partial charge in [0.05, 0.1) is 72.7 Å². The Morgan fingerprint density at radius 3 is 1.25 bits per heavy atom. The van der Waals surface area contributed by atoms with Crippen LogP contribution in [0.1, 0.15) is 140 Å². The molecule has 0 spiro atoms. The predicted molar refractivity (Wildman–Crippen MR) is 412 cm³/mol. The fraction of sp³-hybridized carbons (Fsp3) is 0.563. The van der Waals surface area contributed by atoms with Gasteiger partial charge in [0.2, 0.25) is 41.5 Å². The number of piperazine rings is 3. The average molecular weight is 1620 g/mol. The number of hydrogen-bond acceptors (Lipinski definition) is 25. The zero-order valence-corrected chi connectivity index (χ0v) is 70.3. The first kappa shape index (κ1) is 90.4. The van der Waals surface area contributed by atoms with E-state index in [4.69, 9.17) is 29.8 Å². The van der Waals surface area contributed by atoms with Gasteiger partial charge in [0.15, 0.2) is 5.78 Å². The van der Waals surface area contributed by atoms with Gasteiger partial charge >= 0.3 is 40.7 Å². The molecule has 7 aromatic rings. The summed E-state index contributed by atoms with van der Waals surface area (Å²) in [5.41, 5.74) is 10.4. The summed E-state index contributed by atoms with van der Waals surface area (Å²) in [5.74, 6) is 3.94. The molecule has 38 heteroatoms. The number of esters is 1. The summed E-state index contributed by atoms with van der Waals surface area (Å²) in [7, 11) is 5.49. The summed E-state index contributed by atoms with van der Waals surface area (Å²) in [6.45, 7) is 25.8. The predicted octanol–water partition coefficient (Wildman–Crippen LogP) is 6.11. The van der Waals surface area contributed by atoms with Crippen LogP contribution < -0.4 is 55.3 Å². The summed E-state index contributed by atoms with van der Waals surface area (Å²) < 4.78 is 25.7. The van der Waals surface area contributed by atoms with Crippen LogP contribution in [-0.2, 0) is 54.4 Å². The molecule has 10 heterocycles. The number of rotatable bonds is 19. The molecule has 6 aliphatic rings. The van der Waals surface area contributed by atoms with Crippen molar-refractivity contribution in [1.82, 2.24) is 84.2 Å². The third kappa shape index (κ3) is 25.0. The van der Waals surface area contributed by atoms with Crippen LogP contribution in [0.4, 0.5) is 17.8 Å². The van der Waals surface area contributed by atoms with Crippen molar-refractivity contribution in [3.8, 4) is 45.2 Å². The van der Waals surface area contributed by atoms with Gasteiger partial charge in [-0.25, -0.2) is 39.7 Å². The number of anilines is 3. The van der Waals surface area contributed by atoms with Crippen molar-refractivity contribution in [2.45, 2.75) is 132 Å². The second-order valence-electron chi connectivity index (χ2n) is 28.3. The van der Waals surface area contributed by atoms with E-state index >= 15 is 0 Å². The molecule has 588 valence electrons. The fourth-order valence-electron chi connectivity index (χ4n) is 12.0. The number of nitrogens with zero attached hydrogens (tertiary/aromatic N) is 19. The molecule has 0 radical (unpaired) electrons. The minimum Gasteiger partial charge on any atom is -0.870 e. The molecule has 109 heavy (non-hydrogen) atoms. The first-order chi connectivity index (χ1) is 50.3. The number of nitrogens with one attached hydrogen (secondary N) is 1. The van der Waals surface area contributed by atoms with E-state index in [2.05, 4.69) is 112 Å². The van der Waals surface area contributed by atoms with E-state index in [1.807, 2.05) is 66.9 Å². The summed E-state index contributed by atoms with van der Waals surface area (Å²) in [5, 5.41) is 12.2. The minimum atomic E-state index is -3.22.